The molecule has 6 heavy (non-hydrogen) atoms. The van der Waals surface area contributed by atoms with Gasteiger partial charge in [0.05, 0.1) is 0 Å². The molecule has 6 heteroatoms. The Morgan fingerprint density at radius 2 is 1.17 bits per heavy atom. The van der Waals surface area contributed by atoms with Gasteiger partial charge in [-0.25, -0.2) is 0 Å². The first-order valence-corrected chi connectivity index (χ1v) is 4.22. The molecule has 0 saturated heterocycles. The van der Waals surface area contributed by atoms with E-state index in [0.717, 1.165) is 0 Å². The first-order chi connectivity index (χ1) is 2.00. The van der Waals surface area contributed by atoms with E-state index < -0.39 is 20.3 Å². The molecule has 34 valence electrons. The van der Waals surface area contributed by atoms with Gasteiger partial charge in [-0.1, -0.05) is 0 Å². The molecule has 0 aliphatic rings. The molecule has 0 aromatic rings. The van der Waals surface area contributed by atoms with Crippen molar-refractivity contribution in [1.29, 1.82) is 0 Å². The van der Waals surface area contributed by atoms with Gasteiger partial charge in [-0.2, -0.15) is 0 Å². The first-order valence-electron chi connectivity index (χ1n) is 0.630. The van der Waals surface area contributed by atoms with Gasteiger partial charge in [-0.15, -0.1) is 0 Å². The van der Waals surface area contributed by atoms with Crippen LogP contribution in [0.2, 0.25) is 0 Å². The van der Waals surface area contributed by atoms with Crippen LogP contribution in [0.4, 0.5) is 8.68 Å². The van der Waals surface area contributed by atoms with Crippen molar-refractivity contribution in [3.63, 3.8) is 0 Å². The minimum absolute atomic E-state index is 0. The predicted molar refractivity (Wildman–Crippen MR) is 9.08 cm³/mol. The number of rotatable bonds is 0. The van der Waals surface area contributed by atoms with Gasteiger partial charge in [0.1, 0.15) is 0 Å². The summed E-state index contributed by atoms with van der Waals surface area (Å²) in [6, 6.07) is 0. The van der Waals surface area contributed by atoms with Gasteiger partial charge in [0.2, 0.25) is 0 Å². The zero-order valence-electron chi connectivity index (χ0n) is 2.95. The Labute approximate surface area is 82.0 Å². The molecule has 0 aromatic heterocycles. The number of hydrogen-bond acceptors (Lipinski definition) is 1. The molecule has 0 fully saturated rings. The standard InChI is InChI=1S/F3HOTe.K/c1-5(2,3)4;/h4H;/q;+1/p-1. The van der Waals surface area contributed by atoms with Crippen LogP contribution in [0, 0.1) is 0 Å². The van der Waals surface area contributed by atoms with E-state index in [1.54, 1.807) is 0 Å². The average Bonchev–Trinajstić information content (AvgIpc) is 0.722. The van der Waals surface area contributed by atoms with Gasteiger partial charge < -0.3 is 0 Å². The van der Waals surface area contributed by atoms with Crippen molar-refractivity contribution in [1.82, 2.24) is 0 Å². The third-order valence-corrected chi connectivity index (χ3v) is 0. The Balaban J connectivity index is 0. The van der Waals surface area contributed by atoms with Crippen molar-refractivity contribution in [2.24, 2.45) is 0 Å². The topological polar surface area (TPSA) is 23.1 Å². The molecule has 0 aromatic carbocycles. The van der Waals surface area contributed by atoms with Crippen molar-refractivity contribution >= 4 is 20.3 Å². The average molecular weight is 240 g/mol. The van der Waals surface area contributed by atoms with Gasteiger partial charge >= 0.3 is 83.8 Å². The van der Waals surface area contributed by atoms with E-state index in [1.165, 1.54) is 0 Å². The second-order valence-electron chi connectivity index (χ2n) is 0.364. The van der Waals surface area contributed by atoms with Crippen molar-refractivity contribution in [3.8, 4) is 0 Å². The molecule has 0 aliphatic carbocycles. The van der Waals surface area contributed by atoms with Crippen molar-refractivity contribution < 1.29 is 63.5 Å². The molecule has 1 nitrogen and oxygen atoms in total. The molecule has 0 spiro atoms. The van der Waals surface area contributed by atoms with E-state index >= 15 is 0 Å². The molecular weight excluding hydrogens is 240 g/mol. The van der Waals surface area contributed by atoms with Crippen LogP contribution in [0.25, 0.3) is 0 Å². The quantitative estimate of drug-likeness (QED) is 0.406. The van der Waals surface area contributed by atoms with Gasteiger partial charge in [0.25, 0.3) is 0 Å². The molecule has 0 amide bonds. The molecule has 0 rings (SSSR count). The zero-order valence-corrected chi connectivity index (χ0v) is 8.40. The molecule has 0 aliphatic heterocycles. The monoisotopic (exact) mass is 242 g/mol. The van der Waals surface area contributed by atoms with Crippen LogP contribution >= 0.6 is 0 Å². The van der Waals surface area contributed by atoms with Crippen LogP contribution in [0.3, 0.4) is 0 Å². The van der Waals surface area contributed by atoms with Crippen LogP contribution in [-0.4, -0.2) is 20.3 Å². The third kappa shape index (κ3) is 34.9. The fraction of sp³-hybridized carbons (Fsp3) is 0. The van der Waals surface area contributed by atoms with E-state index in [0.29, 0.717) is 0 Å². The number of halogens is 3. The van der Waals surface area contributed by atoms with Gasteiger partial charge in [0, 0.05) is 0 Å². The van der Waals surface area contributed by atoms with E-state index in [9.17, 15) is 8.68 Å². The maximum absolute atomic E-state index is 9.99. The van der Waals surface area contributed by atoms with Crippen molar-refractivity contribution in [2.45, 2.75) is 0 Å². The van der Waals surface area contributed by atoms with Gasteiger partial charge in [-0.3, -0.25) is 0 Å². The molecule has 0 bridgehead atoms. The Hall–Kier alpha value is 2.18. The van der Waals surface area contributed by atoms with E-state index in [-0.39, 0.29) is 51.4 Å². The first kappa shape index (κ1) is 11.0. The third-order valence-electron chi connectivity index (χ3n) is 0. The summed E-state index contributed by atoms with van der Waals surface area (Å²) in [4.78, 5) is 0. The summed E-state index contributed by atoms with van der Waals surface area (Å²) < 4.78 is 38.3. The molecule has 0 atom stereocenters. The fourth-order valence-corrected chi connectivity index (χ4v) is 0. The molecule has 0 N–H and O–H groups in total. The van der Waals surface area contributed by atoms with Crippen LogP contribution in [-0.2, 0) is 0 Å². The van der Waals surface area contributed by atoms with Gasteiger partial charge in [-0.05, 0) is 0 Å². The molecule has 0 radical (unpaired) electrons. The summed E-state index contributed by atoms with van der Waals surface area (Å²) in [6.07, 6.45) is 0. The second-order valence-corrected chi connectivity index (χ2v) is 2.44. The SMILES string of the molecule is [K+].[O-][Te](F)(F)F. The summed E-state index contributed by atoms with van der Waals surface area (Å²) in [5.41, 5.74) is 0. The van der Waals surface area contributed by atoms with Crippen molar-refractivity contribution in [3.05, 3.63) is 0 Å². The summed E-state index contributed by atoms with van der Waals surface area (Å²) in [5, 5.41) is 0. The summed E-state index contributed by atoms with van der Waals surface area (Å²) >= 11 is -6.77. The fourth-order valence-electron chi connectivity index (χ4n) is 0. The maximum atomic E-state index is 9.99. The minimum atomic E-state index is -6.77. The summed E-state index contributed by atoms with van der Waals surface area (Å²) in [7, 11) is 0. The Morgan fingerprint density at radius 1 is 1.17 bits per heavy atom. The second kappa shape index (κ2) is 4.09. The van der Waals surface area contributed by atoms with Crippen LogP contribution in [0.5, 0.6) is 0 Å². The Kier molecular flexibility index (Phi) is 7.53. The molecular formula is F3KOTe. The van der Waals surface area contributed by atoms with Crippen molar-refractivity contribution in [2.75, 3.05) is 0 Å². The normalized spacial score (nSPS) is 12.7. The van der Waals surface area contributed by atoms with Crippen LogP contribution in [0.1, 0.15) is 0 Å². The molecule has 0 unspecified atom stereocenters. The predicted octanol–water partition coefficient (Wildman–Crippen LogP) is -3.31. The summed E-state index contributed by atoms with van der Waals surface area (Å²) in [6.45, 7) is 0. The summed E-state index contributed by atoms with van der Waals surface area (Å²) in [5.74, 6) is 0. The number of hydrogen-bond donors (Lipinski definition) is 0. The van der Waals surface area contributed by atoms with Crippen LogP contribution in [0.15, 0.2) is 0 Å². The van der Waals surface area contributed by atoms with E-state index in [4.69, 9.17) is 3.47 Å². The zero-order chi connectivity index (χ0) is 4.50. The van der Waals surface area contributed by atoms with Crippen LogP contribution < -0.4 is 54.9 Å². The van der Waals surface area contributed by atoms with E-state index in [2.05, 4.69) is 0 Å². The molecule has 0 saturated carbocycles. The van der Waals surface area contributed by atoms with E-state index in [1.807, 2.05) is 0 Å². The molecule has 0 heterocycles. The Bertz CT molecular complexity index is 26.3. The Morgan fingerprint density at radius 3 is 1.17 bits per heavy atom. The van der Waals surface area contributed by atoms with Gasteiger partial charge in [0.15, 0.2) is 0 Å².